The Morgan fingerprint density at radius 3 is 0.771 bits per heavy atom. The van der Waals surface area contributed by atoms with E-state index in [1.165, 1.54) is 14.3 Å². The zero-order valence-electron chi connectivity index (χ0n) is 17.8. The molecule has 35 heavy (non-hydrogen) atoms. The van der Waals surface area contributed by atoms with Gasteiger partial charge in [-0.25, -0.2) is 4.20 Å². The van der Waals surface area contributed by atoms with Gasteiger partial charge in [-0.1, -0.05) is 0 Å². The minimum Gasteiger partial charge on any atom is -0.786 e. The van der Waals surface area contributed by atoms with E-state index in [2.05, 4.69) is 99.0 Å². The molecule has 0 aliphatic rings. The quantitative estimate of drug-likeness (QED) is 0.129. The highest BCUT2D eigenvalue weighted by molar-refractivity contribution is 7.80. The van der Waals surface area contributed by atoms with Gasteiger partial charge in [0.2, 0.25) is 0 Å². The van der Waals surface area contributed by atoms with Crippen molar-refractivity contribution in [3.8, 4) is 0 Å². The van der Waals surface area contributed by atoms with Crippen molar-refractivity contribution >= 4 is 58.4 Å². The lowest BCUT2D eigenvalue weighted by Crippen LogP contribution is -3.61. The molecule has 0 heterocycles. The standard InChI is InChI=1S/2C12H9IS2.FH2O3P/c2*14-11-5-1-9(2-6-11)13-10-3-7-12(15)8-4-10;1-5(2,3)4/h2*1-8H,(H-,14,15);(H2,2,3,4). The van der Waals surface area contributed by atoms with Crippen molar-refractivity contribution in [1.29, 1.82) is 0 Å². The summed E-state index contributed by atoms with van der Waals surface area (Å²) < 4.78 is 24.2. The Kier molecular flexibility index (Phi) is 14.1. The van der Waals surface area contributed by atoms with Crippen molar-refractivity contribution in [3.63, 3.8) is 0 Å². The zero-order valence-corrected chi connectivity index (χ0v) is 26.6. The predicted octanol–water partition coefficient (Wildman–Crippen LogP) is -0.431. The fourth-order valence-electron chi connectivity index (χ4n) is 2.27. The van der Waals surface area contributed by atoms with Crippen molar-refractivity contribution in [2.24, 2.45) is 0 Å². The van der Waals surface area contributed by atoms with Crippen LogP contribution in [-0.4, -0.2) is 0 Å². The second kappa shape index (κ2) is 15.9. The smallest absolute Gasteiger partial charge is 0.357 e. The summed E-state index contributed by atoms with van der Waals surface area (Å²) in [6.45, 7) is 0. The lowest BCUT2D eigenvalue weighted by atomic mass is 10.4. The van der Waals surface area contributed by atoms with Crippen LogP contribution in [0.2, 0.25) is 0 Å². The normalized spacial score (nSPS) is 10.5. The van der Waals surface area contributed by atoms with Gasteiger partial charge >= 0.3 is 42.4 Å². The predicted molar refractivity (Wildman–Crippen MR) is 138 cm³/mol. The lowest BCUT2D eigenvalue weighted by Gasteiger charge is -2.15. The Morgan fingerprint density at radius 2 is 0.629 bits per heavy atom. The second-order valence-corrected chi connectivity index (χ2v) is 15.5. The molecular weight excluding hydrogens is 768 g/mol. The summed E-state index contributed by atoms with van der Waals surface area (Å²) in [4.78, 5) is 21.0. The summed E-state index contributed by atoms with van der Waals surface area (Å²) in [6.07, 6.45) is 0. The molecule has 0 saturated carbocycles. The first-order valence-electron chi connectivity index (χ1n) is 9.65. The van der Waals surface area contributed by atoms with Crippen molar-refractivity contribution in [1.82, 2.24) is 0 Å². The number of hydrogen-bond donors (Lipinski definition) is 4. The van der Waals surface area contributed by atoms with Crippen LogP contribution in [0.3, 0.4) is 0 Å². The summed E-state index contributed by atoms with van der Waals surface area (Å²) >= 11 is 17.0. The van der Waals surface area contributed by atoms with Gasteiger partial charge in [-0.3, -0.25) is 0 Å². The van der Waals surface area contributed by atoms with Crippen molar-refractivity contribution < 1.29 is 61.0 Å². The highest BCUT2D eigenvalue weighted by atomic mass is 127. The van der Waals surface area contributed by atoms with Crippen LogP contribution in [-0.2, 0) is 4.57 Å². The largest absolute Gasteiger partial charge is 0.786 e. The summed E-state index contributed by atoms with van der Waals surface area (Å²) in [5.41, 5.74) is 0. The minimum atomic E-state index is -5.64. The van der Waals surface area contributed by atoms with E-state index in [4.69, 9.17) is 14.4 Å². The average molecular weight is 788 g/mol. The van der Waals surface area contributed by atoms with Crippen LogP contribution >= 0.6 is 58.4 Å². The van der Waals surface area contributed by atoms with Crippen LogP contribution in [0.15, 0.2) is 117 Å². The van der Waals surface area contributed by atoms with Gasteiger partial charge in [-0.15, -0.1) is 50.5 Å². The third-order valence-electron chi connectivity index (χ3n) is 3.74. The number of halogens is 3. The monoisotopic (exact) mass is 788 g/mol. The summed E-state index contributed by atoms with van der Waals surface area (Å²) in [7, 11) is -5.64. The summed E-state index contributed by atoms with van der Waals surface area (Å²) in [5, 5.41) is 0. The van der Waals surface area contributed by atoms with Gasteiger partial charge < -0.3 is 14.4 Å². The van der Waals surface area contributed by atoms with Crippen LogP contribution < -0.4 is 52.2 Å². The lowest BCUT2D eigenvalue weighted by molar-refractivity contribution is -0.597. The van der Waals surface area contributed by atoms with Gasteiger partial charge in [-0.05, 0) is 97.1 Å². The van der Waals surface area contributed by atoms with E-state index in [0.717, 1.165) is 19.6 Å². The molecule has 0 fully saturated rings. The molecule has 0 atom stereocenters. The van der Waals surface area contributed by atoms with Crippen molar-refractivity contribution in [3.05, 3.63) is 111 Å². The molecule has 0 spiro atoms. The zero-order chi connectivity index (χ0) is 25.8. The van der Waals surface area contributed by atoms with Gasteiger partial charge in [0.25, 0.3) is 0 Å². The van der Waals surface area contributed by atoms with E-state index in [0.29, 0.717) is 0 Å². The molecule has 4 rings (SSSR count). The maximum Gasteiger partial charge on any atom is 0.357 e. The molecule has 0 aliphatic carbocycles. The Hall–Kier alpha value is -0.180. The van der Waals surface area contributed by atoms with E-state index >= 15 is 0 Å². The molecule has 3 nitrogen and oxygen atoms in total. The van der Waals surface area contributed by atoms with Gasteiger partial charge in [0, 0.05) is 19.6 Å². The highest BCUT2D eigenvalue weighted by Gasteiger charge is 2.15. The van der Waals surface area contributed by atoms with Crippen LogP contribution in [0.5, 0.6) is 0 Å². The molecule has 4 aromatic rings. The maximum absolute atomic E-state index is 10.1. The SMILES string of the molecule is O=P([O-])([O-])F.Sc1ccc([I+]c2ccc(S)cc2)cc1.Sc1ccc([I+]c2ccc(S)cc2)cc1. The van der Waals surface area contributed by atoms with Crippen LogP contribution in [0.1, 0.15) is 0 Å². The molecule has 11 heteroatoms. The Balaban J connectivity index is 0.000000208. The average Bonchev–Trinajstić information content (AvgIpc) is 2.79. The molecule has 0 saturated heterocycles. The van der Waals surface area contributed by atoms with E-state index in [1.807, 2.05) is 48.5 Å². The van der Waals surface area contributed by atoms with Gasteiger partial charge in [-0.2, -0.15) is 0 Å². The molecule has 0 unspecified atom stereocenters. The van der Waals surface area contributed by atoms with E-state index in [-0.39, 0.29) is 42.4 Å². The van der Waals surface area contributed by atoms with E-state index < -0.39 is 7.91 Å². The minimum absolute atomic E-state index is 0.0648. The summed E-state index contributed by atoms with van der Waals surface area (Å²) in [6, 6.07) is 33.6. The Labute approximate surface area is 247 Å². The van der Waals surface area contributed by atoms with Crippen LogP contribution in [0.25, 0.3) is 0 Å². The Morgan fingerprint density at radius 1 is 0.486 bits per heavy atom. The van der Waals surface area contributed by atoms with E-state index in [1.54, 1.807) is 0 Å². The number of hydrogen-bond acceptors (Lipinski definition) is 7. The van der Waals surface area contributed by atoms with E-state index in [9.17, 15) is 4.20 Å². The molecule has 0 radical (unpaired) electrons. The molecule has 0 aromatic heterocycles. The Bertz CT molecular complexity index is 1040. The number of thiol groups is 4. The van der Waals surface area contributed by atoms with Crippen molar-refractivity contribution in [2.75, 3.05) is 0 Å². The van der Waals surface area contributed by atoms with Crippen LogP contribution in [0.4, 0.5) is 4.20 Å². The molecule has 0 aliphatic heterocycles. The maximum atomic E-state index is 10.1. The molecule has 184 valence electrons. The number of rotatable bonds is 4. The second-order valence-electron chi connectivity index (χ2n) is 6.53. The first-order valence-corrected chi connectivity index (χ1v) is 17.2. The van der Waals surface area contributed by atoms with Gasteiger partial charge in [0.1, 0.15) is 7.91 Å². The third-order valence-corrected chi connectivity index (χ3v) is 10.3. The topological polar surface area (TPSA) is 63.2 Å². The van der Waals surface area contributed by atoms with Gasteiger partial charge in [0.15, 0.2) is 14.3 Å². The summed E-state index contributed by atoms with van der Waals surface area (Å²) in [5.74, 6) is 0. The number of benzene rings is 4. The molecule has 0 bridgehead atoms. The van der Waals surface area contributed by atoms with Gasteiger partial charge in [0.05, 0.1) is 0 Å². The van der Waals surface area contributed by atoms with Crippen molar-refractivity contribution in [2.45, 2.75) is 19.6 Å². The third kappa shape index (κ3) is 15.0. The molecule has 0 N–H and O–H groups in total. The fraction of sp³-hybridized carbons (Fsp3) is 0. The fourth-order valence-corrected chi connectivity index (χ4v) is 7.18. The molecule has 0 amide bonds. The first kappa shape index (κ1) is 31.0. The first-order chi connectivity index (χ1) is 16.5. The highest BCUT2D eigenvalue weighted by Crippen LogP contribution is 2.22. The molecular formula is C24H20FI2O3PS4. The van der Waals surface area contributed by atoms with Crippen LogP contribution in [0, 0.1) is 14.3 Å². The molecule has 4 aromatic carbocycles.